The molecule has 4 rings (SSSR count). The molecule has 1 atom stereocenters. The molecule has 1 amide bonds. The SMILES string of the molecule is Cc1cccc2nc(C(=O)N3CCOC[C@@H]3c3nnc(C(C)C)o3)cn12. The number of carbonyl (C=O) groups excluding carboxylic acids is 1. The molecule has 0 bridgehead atoms. The van der Waals surface area contributed by atoms with Crippen molar-refractivity contribution >= 4 is 11.6 Å². The van der Waals surface area contributed by atoms with Crippen LogP contribution < -0.4 is 0 Å². The number of fused-ring (bicyclic) bond motifs is 1. The van der Waals surface area contributed by atoms with E-state index in [4.69, 9.17) is 9.15 Å². The van der Waals surface area contributed by atoms with Crippen LogP contribution in [0.15, 0.2) is 28.8 Å². The third-order valence-electron chi connectivity index (χ3n) is 4.54. The highest BCUT2D eigenvalue weighted by Gasteiger charge is 2.34. The molecule has 0 radical (unpaired) electrons. The number of aromatic nitrogens is 4. The first-order chi connectivity index (χ1) is 12.5. The number of imidazole rings is 1. The van der Waals surface area contributed by atoms with E-state index in [2.05, 4.69) is 15.2 Å². The molecule has 3 aromatic rings. The Labute approximate surface area is 150 Å². The summed E-state index contributed by atoms with van der Waals surface area (Å²) in [6, 6.07) is 5.39. The van der Waals surface area contributed by atoms with Gasteiger partial charge < -0.3 is 18.5 Å². The van der Waals surface area contributed by atoms with Crippen molar-refractivity contribution in [1.29, 1.82) is 0 Å². The zero-order chi connectivity index (χ0) is 18.3. The number of rotatable bonds is 3. The number of morpholine rings is 1. The Kier molecular flexibility index (Phi) is 4.20. The van der Waals surface area contributed by atoms with E-state index >= 15 is 0 Å². The van der Waals surface area contributed by atoms with Gasteiger partial charge in [0.25, 0.3) is 5.91 Å². The summed E-state index contributed by atoms with van der Waals surface area (Å²) in [5.41, 5.74) is 2.17. The third kappa shape index (κ3) is 2.86. The average Bonchev–Trinajstić information content (AvgIpc) is 3.29. The van der Waals surface area contributed by atoms with Crippen LogP contribution in [0.25, 0.3) is 5.65 Å². The van der Waals surface area contributed by atoms with Crippen LogP contribution in [0.4, 0.5) is 0 Å². The number of hydrogen-bond donors (Lipinski definition) is 0. The Morgan fingerprint density at radius 2 is 2.15 bits per heavy atom. The second-order valence-corrected chi connectivity index (χ2v) is 6.74. The smallest absolute Gasteiger partial charge is 0.274 e. The zero-order valence-corrected chi connectivity index (χ0v) is 15.0. The number of ether oxygens (including phenoxy) is 1. The molecular weight excluding hydrogens is 334 g/mol. The van der Waals surface area contributed by atoms with Crippen molar-refractivity contribution in [3.8, 4) is 0 Å². The largest absolute Gasteiger partial charge is 0.423 e. The predicted octanol–water partition coefficient (Wildman–Crippen LogP) is 2.36. The Hall–Kier alpha value is -2.74. The Morgan fingerprint density at radius 3 is 2.88 bits per heavy atom. The molecule has 1 aliphatic rings. The Morgan fingerprint density at radius 1 is 1.31 bits per heavy atom. The van der Waals surface area contributed by atoms with Gasteiger partial charge in [0.15, 0.2) is 0 Å². The zero-order valence-electron chi connectivity index (χ0n) is 15.0. The molecule has 0 aromatic carbocycles. The van der Waals surface area contributed by atoms with Crippen LogP contribution >= 0.6 is 0 Å². The van der Waals surface area contributed by atoms with Crippen molar-refractivity contribution in [2.45, 2.75) is 32.7 Å². The first kappa shape index (κ1) is 16.7. The van der Waals surface area contributed by atoms with Gasteiger partial charge in [0, 0.05) is 24.4 Å². The van der Waals surface area contributed by atoms with E-state index in [1.54, 1.807) is 11.1 Å². The molecule has 26 heavy (non-hydrogen) atoms. The number of nitrogens with zero attached hydrogens (tertiary/aromatic N) is 5. The van der Waals surface area contributed by atoms with Gasteiger partial charge in [-0.15, -0.1) is 10.2 Å². The van der Waals surface area contributed by atoms with Gasteiger partial charge in [-0.25, -0.2) is 4.98 Å². The maximum Gasteiger partial charge on any atom is 0.274 e. The lowest BCUT2D eigenvalue weighted by molar-refractivity contribution is -0.0110. The first-order valence-corrected chi connectivity index (χ1v) is 8.71. The van der Waals surface area contributed by atoms with Crippen molar-refractivity contribution in [3.05, 3.63) is 47.6 Å². The van der Waals surface area contributed by atoms with Gasteiger partial charge in [-0.3, -0.25) is 4.79 Å². The summed E-state index contributed by atoms with van der Waals surface area (Å²) in [4.78, 5) is 19.3. The summed E-state index contributed by atoms with van der Waals surface area (Å²) in [7, 11) is 0. The standard InChI is InChI=1S/C18H21N5O3/c1-11(2)16-20-21-17(26-16)14-10-25-8-7-22(14)18(24)13-9-23-12(3)5-4-6-15(23)19-13/h4-6,9,11,14H,7-8,10H2,1-3H3/t14-/m1/s1. The molecular formula is C18H21N5O3. The highest BCUT2D eigenvalue weighted by atomic mass is 16.5. The molecule has 8 nitrogen and oxygen atoms in total. The summed E-state index contributed by atoms with van der Waals surface area (Å²) >= 11 is 0. The summed E-state index contributed by atoms with van der Waals surface area (Å²) in [6.45, 7) is 7.20. The van der Waals surface area contributed by atoms with Crippen molar-refractivity contribution in [2.75, 3.05) is 19.8 Å². The fraction of sp³-hybridized carbons (Fsp3) is 0.444. The molecule has 0 spiro atoms. The minimum absolute atomic E-state index is 0.131. The molecule has 1 fully saturated rings. The van der Waals surface area contributed by atoms with Crippen LogP contribution in [0.5, 0.6) is 0 Å². The van der Waals surface area contributed by atoms with Crippen molar-refractivity contribution < 1.29 is 13.9 Å². The second kappa shape index (κ2) is 6.53. The summed E-state index contributed by atoms with van der Waals surface area (Å²) < 4.78 is 13.2. The van der Waals surface area contributed by atoms with Crippen LogP contribution in [0.3, 0.4) is 0 Å². The Bertz CT molecular complexity index is 945. The van der Waals surface area contributed by atoms with Gasteiger partial charge in [0.2, 0.25) is 11.8 Å². The highest BCUT2D eigenvalue weighted by Crippen LogP contribution is 2.26. The van der Waals surface area contributed by atoms with Crippen LogP contribution in [0, 0.1) is 6.92 Å². The average molecular weight is 355 g/mol. The summed E-state index contributed by atoms with van der Waals surface area (Å²) in [5.74, 6) is 0.931. The summed E-state index contributed by atoms with van der Waals surface area (Å²) in [5, 5.41) is 8.20. The monoisotopic (exact) mass is 355 g/mol. The van der Waals surface area contributed by atoms with Gasteiger partial charge >= 0.3 is 0 Å². The maximum atomic E-state index is 13.1. The minimum atomic E-state index is -0.401. The van der Waals surface area contributed by atoms with Gasteiger partial charge in [-0.1, -0.05) is 19.9 Å². The van der Waals surface area contributed by atoms with Crippen LogP contribution in [-0.2, 0) is 4.74 Å². The topological polar surface area (TPSA) is 85.8 Å². The molecule has 3 aromatic heterocycles. The molecule has 1 aliphatic heterocycles. The van der Waals surface area contributed by atoms with E-state index in [0.29, 0.717) is 37.2 Å². The first-order valence-electron chi connectivity index (χ1n) is 8.71. The highest BCUT2D eigenvalue weighted by molar-refractivity contribution is 5.93. The molecule has 136 valence electrons. The lowest BCUT2D eigenvalue weighted by Gasteiger charge is -2.32. The molecule has 1 saturated heterocycles. The third-order valence-corrected chi connectivity index (χ3v) is 4.54. The molecule has 0 unspecified atom stereocenters. The summed E-state index contributed by atoms with van der Waals surface area (Å²) in [6.07, 6.45) is 1.77. The number of aryl methyl sites for hydroxylation is 1. The quantitative estimate of drug-likeness (QED) is 0.717. The molecule has 0 N–H and O–H groups in total. The number of carbonyl (C=O) groups is 1. The molecule has 0 aliphatic carbocycles. The molecule has 4 heterocycles. The van der Waals surface area contributed by atoms with Crippen molar-refractivity contribution in [1.82, 2.24) is 24.5 Å². The second-order valence-electron chi connectivity index (χ2n) is 6.74. The molecule has 0 saturated carbocycles. The van der Waals surface area contributed by atoms with Gasteiger partial charge in [0.1, 0.15) is 17.4 Å². The van der Waals surface area contributed by atoms with Crippen molar-refractivity contribution in [3.63, 3.8) is 0 Å². The van der Waals surface area contributed by atoms with Gasteiger partial charge in [0.05, 0.1) is 13.2 Å². The van der Waals surface area contributed by atoms with E-state index < -0.39 is 6.04 Å². The van der Waals surface area contributed by atoms with Gasteiger partial charge in [-0.05, 0) is 19.1 Å². The number of hydrogen-bond acceptors (Lipinski definition) is 6. The number of pyridine rings is 1. The van der Waals surface area contributed by atoms with Crippen LogP contribution in [0.2, 0.25) is 0 Å². The number of amides is 1. The van der Waals surface area contributed by atoms with E-state index in [1.165, 1.54) is 0 Å². The van der Waals surface area contributed by atoms with E-state index in [9.17, 15) is 4.79 Å². The normalized spacial score (nSPS) is 18.0. The van der Waals surface area contributed by atoms with E-state index in [0.717, 1.165) is 11.3 Å². The lowest BCUT2D eigenvalue weighted by atomic mass is 10.2. The fourth-order valence-corrected chi connectivity index (χ4v) is 3.06. The van der Waals surface area contributed by atoms with Crippen molar-refractivity contribution in [2.24, 2.45) is 0 Å². The van der Waals surface area contributed by atoms with E-state index in [-0.39, 0.29) is 11.8 Å². The Balaban J connectivity index is 1.66. The van der Waals surface area contributed by atoms with E-state index in [1.807, 2.05) is 43.4 Å². The maximum absolute atomic E-state index is 13.1. The van der Waals surface area contributed by atoms with Crippen LogP contribution in [0.1, 0.15) is 53.8 Å². The lowest BCUT2D eigenvalue weighted by Crippen LogP contribution is -2.43. The van der Waals surface area contributed by atoms with Gasteiger partial charge in [-0.2, -0.15) is 0 Å². The molecule has 8 heteroatoms. The van der Waals surface area contributed by atoms with Crippen LogP contribution in [-0.4, -0.2) is 50.1 Å². The fourth-order valence-electron chi connectivity index (χ4n) is 3.06. The predicted molar refractivity (Wildman–Crippen MR) is 92.9 cm³/mol. The minimum Gasteiger partial charge on any atom is -0.423 e.